The van der Waals surface area contributed by atoms with Crippen LogP contribution in [0.2, 0.25) is 10.2 Å². The molecule has 0 amide bonds. The minimum Gasteiger partial charge on any atom is -0.478 e. The van der Waals surface area contributed by atoms with Crippen molar-refractivity contribution in [2.75, 3.05) is 0 Å². The van der Waals surface area contributed by atoms with Crippen LogP contribution in [-0.2, 0) is 0 Å². The number of aromatic carboxylic acids is 1. The van der Waals surface area contributed by atoms with Gasteiger partial charge in [-0.1, -0.05) is 23.2 Å². The van der Waals surface area contributed by atoms with E-state index in [2.05, 4.69) is 4.98 Å². The third-order valence-corrected chi connectivity index (χ3v) is 3.48. The third-order valence-electron chi connectivity index (χ3n) is 2.95. The van der Waals surface area contributed by atoms with Crippen LogP contribution in [0, 0.1) is 0 Å². The number of carboxylic acids is 1. The smallest absolute Gasteiger partial charge is 0.335 e. The first-order valence-corrected chi connectivity index (χ1v) is 6.48. The Labute approximate surface area is 124 Å². The number of halogens is 2. The largest absolute Gasteiger partial charge is 0.478 e. The van der Waals surface area contributed by atoms with Crippen LogP contribution >= 0.6 is 23.2 Å². The normalized spacial score (nSPS) is 10.9. The van der Waals surface area contributed by atoms with Gasteiger partial charge in [0.25, 0.3) is 0 Å². The molecule has 0 aliphatic rings. The standard InChI is InChI=1S/C14H8Cl2N2O2/c15-10-3-1-8(2-4-10)13-17-12(16)11-7-9(14(19)20)5-6-18(11)13/h1-7H,(H,19,20). The highest BCUT2D eigenvalue weighted by Gasteiger charge is 2.13. The Hall–Kier alpha value is -2.04. The maximum Gasteiger partial charge on any atom is 0.335 e. The average molecular weight is 307 g/mol. The summed E-state index contributed by atoms with van der Waals surface area (Å²) >= 11 is 11.9. The summed E-state index contributed by atoms with van der Waals surface area (Å²) in [6.07, 6.45) is 1.64. The molecule has 2 heterocycles. The highest BCUT2D eigenvalue weighted by atomic mass is 35.5. The van der Waals surface area contributed by atoms with Gasteiger partial charge >= 0.3 is 5.97 Å². The van der Waals surface area contributed by atoms with Crippen molar-refractivity contribution in [2.24, 2.45) is 0 Å². The van der Waals surface area contributed by atoms with E-state index in [1.165, 1.54) is 12.1 Å². The van der Waals surface area contributed by atoms with Gasteiger partial charge in [0, 0.05) is 16.8 Å². The molecular formula is C14H8Cl2N2O2. The molecule has 0 radical (unpaired) electrons. The molecule has 0 saturated carbocycles. The molecule has 0 unspecified atom stereocenters. The monoisotopic (exact) mass is 306 g/mol. The minimum atomic E-state index is -1.00. The van der Waals surface area contributed by atoms with Gasteiger partial charge in [-0.15, -0.1) is 0 Å². The molecule has 6 heteroatoms. The molecule has 0 atom stereocenters. The Balaban J connectivity index is 2.22. The summed E-state index contributed by atoms with van der Waals surface area (Å²) in [6.45, 7) is 0. The minimum absolute atomic E-state index is 0.168. The van der Waals surface area contributed by atoms with Crippen LogP contribution in [-0.4, -0.2) is 20.5 Å². The van der Waals surface area contributed by atoms with Crippen molar-refractivity contribution < 1.29 is 9.90 Å². The number of carbonyl (C=O) groups is 1. The second kappa shape index (κ2) is 4.81. The average Bonchev–Trinajstić information content (AvgIpc) is 2.76. The molecule has 20 heavy (non-hydrogen) atoms. The van der Waals surface area contributed by atoms with Crippen LogP contribution < -0.4 is 0 Å². The fraction of sp³-hybridized carbons (Fsp3) is 0. The highest BCUT2D eigenvalue weighted by Crippen LogP contribution is 2.27. The van der Waals surface area contributed by atoms with Gasteiger partial charge in [-0.3, -0.25) is 4.40 Å². The lowest BCUT2D eigenvalue weighted by Crippen LogP contribution is -1.97. The van der Waals surface area contributed by atoms with Gasteiger partial charge in [-0.05, 0) is 36.4 Å². The second-order valence-electron chi connectivity index (χ2n) is 4.21. The Kier molecular flexibility index (Phi) is 3.12. The number of hydrogen-bond acceptors (Lipinski definition) is 2. The summed E-state index contributed by atoms with van der Waals surface area (Å²) < 4.78 is 1.75. The number of nitrogens with zero attached hydrogens (tertiary/aromatic N) is 2. The van der Waals surface area contributed by atoms with E-state index in [-0.39, 0.29) is 10.7 Å². The molecule has 3 rings (SSSR count). The molecule has 0 bridgehead atoms. The lowest BCUT2D eigenvalue weighted by molar-refractivity contribution is 0.0697. The zero-order chi connectivity index (χ0) is 14.3. The fourth-order valence-corrected chi connectivity index (χ4v) is 2.34. The third kappa shape index (κ3) is 2.13. The summed E-state index contributed by atoms with van der Waals surface area (Å²) in [5.41, 5.74) is 1.57. The van der Waals surface area contributed by atoms with E-state index < -0.39 is 5.97 Å². The van der Waals surface area contributed by atoms with E-state index in [0.717, 1.165) is 5.56 Å². The summed E-state index contributed by atoms with van der Waals surface area (Å²) in [7, 11) is 0. The highest BCUT2D eigenvalue weighted by molar-refractivity contribution is 6.33. The zero-order valence-electron chi connectivity index (χ0n) is 10.0. The molecule has 4 nitrogen and oxygen atoms in total. The number of benzene rings is 1. The van der Waals surface area contributed by atoms with Crippen LogP contribution in [0.15, 0.2) is 42.6 Å². The number of rotatable bonds is 2. The predicted octanol–water partition coefficient (Wildman–Crippen LogP) is 4.01. The van der Waals surface area contributed by atoms with Crippen molar-refractivity contribution in [3.8, 4) is 11.4 Å². The van der Waals surface area contributed by atoms with Crippen LogP contribution in [0.5, 0.6) is 0 Å². The lowest BCUT2D eigenvalue weighted by Gasteiger charge is -2.02. The fourth-order valence-electron chi connectivity index (χ4n) is 1.98. The van der Waals surface area contributed by atoms with Crippen molar-refractivity contribution in [3.05, 3.63) is 58.3 Å². The van der Waals surface area contributed by atoms with Crippen molar-refractivity contribution >= 4 is 34.7 Å². The van der Waals surface area contributed by atoms with Crippen molar-refractivity contribution in [1.29, 1.82) is 0 Å². The Morgan fingerprint density at radius 1 is 1.15 bits per heavy atom. The molecule has 100 valence electrons. The van der Waals surface area contributed by atoms with Crippen molar-refractivity contribution in [1.82, 2.24) is 9.38 Å². The maximum atomic E-state index is 11.0. The Morgan fingerprint density at radius 2 is 1.85 bits per heavy atom. The summed E-state index contributed by atoms with van der Waals surface area (Å²) in [5.74, 6) is -0.364. The van der Waals surface area contributed by atoms with Gasteiger partial charge in [0.1, 0.15) is 5.82 Å². The lowest BCUT2D eigenvalue weighted by atomic mass is 10.2. The molecule has 0 spiro atoms. The van der Waals surface area contributed by atoms with Gasteiger partial charge in [-0.25, -0.2) is 9.78 Å². The number of fused-ring (bicyclic) bond motifs is 1. The van der Waals surface area contributed by atoms with E-state index >= 15 is 0 Å². The molecule has 1 aromatic carbocycles. The molecule has 0 aliphatic heterocycles. The molecular weight excluding hydrogens is 299 g/mol. The van der Waals surface area contributed by atoms with Gasteiger partial charge in [0.15, 0.2) is 5.15 Å². The Bertz CT molecular complexity index is 810. The topological polar surface area (TPSA) is 54.6 Å². The molecule has 2 aromatic heterocycles. The van der Waals surface area contributed by atoms with Crippen LogP contribution in [0.3, 0.4) is 0 Å². The number of carboxylic acid groups (broad SMARTS) is 1. The second-order valence-corrected chi connectivity index (χ2v) is 5.00. The van der Waals surface area contributed by atoms with Gasteiger partial charge < -0.3 is 5.11 Å². The number of hydrogen-bond donors (Lipinski definition) is 1. The molecule has 0 saturated heterocycles. The quantitative estimate of drug-likeness (QED) is 0.778. The van der Waals surface area contributed by atoms with Crippen LogP contribution in [0.1, 0.15) is 10.4 Å². The van der Waals surface area contributed by atoms with E-state index in [0.29, 0.717) is 16.4 Å². The summed E-state index contributed by atoms with van der Waals surface area (Å²) in [4.78, 5) is 15.3. The first kappa shape index (κ1) is 13.0. The molecule has 0 aliphatic carbocycles. The first-order valence-electron chi connectivity index (χ1n) is 5.73. The Morgan fingerprint density at radius 3 is 2.50 bits per heavy atom. The van der Waals surface area contributed by atoms with Crippen LogP contribution in [0.25, 0.3) is 16.9 Å². The van der Waals surface area contributed by atoms with Crippen molar-refractivity contribution in [3.63, 3.8) is 0 Å². The van der Waals surface area contributed by atoms with Gasteiger partial charge in [0.2, 0.25) is 0 Å². The summed E-state index contributed by atoms with van der Waals surface area (Å²) in [6, 6.07) is 10.2. The van der Waals surface area contributed by atoms with E-state index in [4.69, 9.17) is 28.3 Å². The maximum absolute atomic E-state index is 11.0. The first-order chi connectivity index (χ1) is 9.56. The van der Waals surface area contributed by atoms with Crippen LogP contribution in [0.4, 0.5) is 0 Å². The van der Waals surface area contributed by atoms with E-state index in [1.54, 1.807) is 22.7 Å². The summed E-state index contributed by atoms with van der Waals surface area (Å²) in [5, 5.41) is 9.90. The number of imidazole rings is 1. The number of aromatic nitrogens is 2. The van der Waals surface area contributed by atoms with E-state index in [1.807, 2.05) is 12.1 Å². The van der Waals surface area contributed by atoms with Crippen molar-refractivity contribution in [2.45, 2.75) is 0 Å². The SMILES string of the molecule is O=C(O)c1ccn2c(-c3ccc(Cl)cc3)nc(Cl)c2c1. The van der Waals surface area contributed by atoms with E-state index in [9.17, 15) is 4.79 Å². The molecule has 3 aromatic rings. The number of pyridine rings is 1. The zero-order valence-corrected chi connectivity index (χ0v) is 11.6. The molecule has 0 fully saturated rings. The molecule has 1 N–H and O–H groups in total. The van der Waals surface area contributed by atoms with Gasteiger partial charge in [0.05, 0.1) is 11.1 Å². The predicted molar refractivity (Wildman–Crippen MR) is 77.6 cm³/mol. The van der Waals surface area contributed by atoms with Gasteiger partial charge in [-0.2, -0.15) is 0 Å².